The van der Waals surface area contributed by atoms with E-state index in [2.05, 4.69) is 0 Å². The summed E-state index contributed by atoms with van der Waals surface area (Å²) in [6, 6.07) is 43.6. The van der Waals surface area contributed by atoms with Gasteiger partial charge in [0.05, 0.1) is 9.60 Å². The van der Waals surface area contributed by atoms with Gasteiger partial charge < -0.3 is 0 Å². The lowest BCUT2D eigenvalue weighted by atomic mass is 9.83. The van der Waals surface area contributed by atoms with Crippen LogP contribution in [0.3, 0.4) is 0 Å². The van der Waals surface area contributed by atoms with Crippen LogP contribution in [0.5, 0.6) is 0 Å². The molecule has 9 aromatic carbocycles. The van der Waals surface area contributed by atoms with Gasteiger partial charge in [-0.1, -0.05) is 170 Å². The van der Waals surface area contributed by atoms with Crippen molar-refractivity contribution in [3.63, 3.8) is 0 Å². The summed E-state index contributed by atoms with van der Waals surface area (Å²) in [5, 5.41) is 4.91. The van der Waals surface area contributed by atoms with Crippen LogP contribution in [0.15, 0.2) is 182 Å². The Balaban J connectivity index is 1.52. The summed E-state index contributed by atoms with van der Waals surface area (Å²) in [7, 11) is 0. The smallest absolute Gasteiger partial charge is 0.0622 e. The zero-order valence-corrected chi connectivity index (χ0v) is 24.8. The summed E-state index contributed by atoms with van der Waals surface area (Å²) in [5.74, 6) is 0. The third-order valence-electron chi connectivity index (χ3n) is 8.88. The molecule has 0 nitrogen and oxygen atoms in total. The average molecular weight is 590 g/mol. The highest BCUT2D eigenvalue weighted by Crippen LogP contribution is 2.46. The van der Waals surface area contributed by atoms with E-state index < -0.39 is 0 Å². The molecule has 9 aromatic rings. The van der Waals surface area contributed by atoms with Crippen LogP contribution in [0, 0.1) is 0 Å². The van der Waals surface area contributed by atoms with Crippen LogP contribution >= 0.6 is 0 Å². The molecule has 0 saturated carbocycles. The Morgan fingerprint density at radius 2 is 0.935 bits per heavy atom. The van der Waals surface area contributed by atoms with Crippen molar-refractivity contribution in [1.82, 2.24) is 0 Å². The lowest BCUT2D eigenvalue weighted by molar-refractivity contribution is 1.61. The molecule has 0 N–H and O–H groups in total. The standard InChI is InChI=1S/C46H30/c1-2-11-31(12-3-1)33-21-24-35(25-22-33)45-41-18-8-9-19-42(41)46(40-20-10-16-34-14-6-7-17-39(34)40)43-28-27-38(30-44(43)45)37-26-23-32-13-4-5-15-36(32)29-37/h1-30H/i8D,9D,18D,19D,27D,28D,30D. The number of hydrogen-bond donors (Lipinski definition) is 0. The Morgan fingerprint density at radius 3 is 1.76 bits per heavy atom. The maximum absolute atomic E-state index is 10.0. The van der Waals surface area contributed by atoms with Crippen LogP contribution < -0.4 is 0 Å². The quantitative estimate of drug-likeness (QED) is 0.179. The first-order chi connectivity index (χ1) is 25.7. The molecule has 0 saturated heterocycles. The van der Waals surface area contributed by atoms with E-state index >= 15 is 0 Å². The highest BCUT2D eigenvalue weighted by molar-refractivity contribution is 6.24. The maximum atomic E-state index is 10.0. The average Bonchev–Trinajstić information content (AvgIpc) is 3.20. The molecule has 0 aromatic heterocycles. The minimum absolute atomic E-state index is 0.0224. The molecule has 0 heteroatoms. The lowest BCUT2D eigenvalue weighted by Gasteiger charge is -2.20. The predicted octanol–water partition coefficient (Wildman–Crippen LogP) is 13.0. The van der Waals surface area contributed by atoms with E-state index in [0.29, 0.717) is 44.2 Å². The maximum Gasteiger partial charge on any atom is 0.0636 e. The third kappa shape index (κ3) is 4.38. The summed E-state index contributed by atoms with van der Waals surface area (Å²) >= 11 is 0. The second-order valence-electron chi connectivity index (χ2n) is 11.5. The fraction of sp³-hybridized carbons (Fsp3) is 0. The van der Waals surface area contributed by atoms with Gasteiger partial charge in [-0.25, -0.2) is 0 Å². The Kier molecular flexibility index (Phi) is 4.76. The number of benzene rings is 9. The van der Waals surface area contributed by atoms with Gasteiger partial charge in [-0.05, 0) is 99.7 Å². The van der Waals surface area contributed by atoms with Gasteiger partial charge in [-0.2, -0.15) is 0 Å². The van der Waals surface area contributed by atoms with Gasteiger partial charge in [0.2, 0.25) is 0 Å². The molecule has 0 heterocycles. The minimum Gasteiger partial charge on any atom is -0.0622 e. The van der Waals surface area contributed by atoms with Gasteiger partial charge in [0.1, 0.15) is 0 Å². The molecule has 9 rings (SSSR count). The van der Waals surface area contributed by atoms with Crippen molar-refractivity contribution >= 4 is 43.1 Å². The first kappa shape index (κ1) is 20.1. The van der Waals surface area contributed by atoms with Gasteiger partial charge in [0.15, 0.2) is 0 Å². The van der Waals surface area contributed by atoms with Crippen molar-refractivity contribution in [3.05, 3.63) is 182 Å². The molecular weight excluding hydrogens is 553 g/mol. The number of fused-ring (bicyclic) bond motifs is 4. The van der Waals surface area contributed by atoms with Crippen molar-refractivity contribution in [2.75, 3.05) is 0 Å². The van der Waals surface area contributed by atoms with Crippen molar-refractivity contribution in [3.8, 4) is 44.5 Å². The van der Waals surface area contributed by atoms with E-state index in [-0.39, 0.29) is 53.1 Å². The van der Waals surface area contributed by atoms with Gasteiger partial charge in [-0.3, -0.25) is 0 Å². The summed E-state index contributed by atoms with van der Waals surface area (Å²) < 4.78 is 65.8. The largest absolute Gasteiger partial charge is 0.0636 e. The number of hydrogen-bond acceptors (Lipinski definition) is 0. The van der Waals surface area contributed by atoms with Crippen molar-refractivity contribution in [2.24, 2.45) is 0 Å². The van der Waals surface area contributed by atoms with E-state index in [9.17, 15) is 6.85 Å². The molecule has 0 aliphatic carbocycles. The Bertz CT molecular complexity index is 2950. The van der Waals surface area contributed by atoms with Gasteiger partial charge in [-0.15, -0.1) is 0 Å². The van der Waals surface area contributed by atoms with E-state index in [1.165, 1.54) is 0 Å². The monoisotopic (exact) mass is 589 g/mol. The van der Waals surface area contributed by atoms with Gasteiger partial charge in [0, 0.05) is 0 Å². The topological polar surface area (TPSA) is 0 Å². The molecule has 214 valence electrons. The molecule has 0 unspecified atom stereocenters. The normalized spacial score (nSPS) is 13.6. The second-order valence-corrected chi connectivity index (χ2v) is 11.5. The molecule has 0 aliphatic rings. The second kappa shape index (κ2) is 10.9. The van der Waals surface area contributed by atoms with Crippen LogP contribution in [0.4, 0.5) is 0 Å². The molecule has 46 heavy (non-hydrogen) atoms. The molecule has 0 spiro atoms. The first-order valence-electron chi connectivity index (χ1n) is 18.9. The lowest BCUT2D eigenvalue weighted by Crippen LogP contribution is -1.92. The fourth-order valence-corrected chi connectivity index (χ4v) is 6.67. The molecule has 0 fully saturated rings. The minimum atomic E-state index is -0.384. The van der Waals surface area contributed by atoms with Gasteiger partial charge >= 0.3 is 0 Å². The van der Waals surface area contributed by atoms with Crippen LogP contribution in [-0.4, -0.2) is 0 Å². The van der Waals surface area contributed by atoms with Crippen molar-refractivity contribution < 1.29 is 9.60 Å². The summed E-state index contributed by atoms with van der Waals surface area (Å²) in [6.07, 6.45) is 0. The molecule has 0 amide bonds. The zero-order valence-electron chi connectivity index (χ0n) is 31.8. The molecule has 0 atom stereocenters. The Hall–Kier alpha value is -5.98. The molecule has 0 radical (unpaired) electrons. The Morgan fingerprint density at radius 1 is 0.326 bits per heavy atom. The van der Waals surface area contributed by atoms with E-state index in [1.807, 2.05) is 140 Å². The zero-order chi connectivity index (χ0) is 36.5. The SMILES string of the molecule is [2H]c1c([2H])c([2H])c2c(-c3cccc4ccccc34)c3c([2H])c([2H])c(-c4ccc5ccccc5c4)c([2H])c3c(-c3ccc(-c4ccccc4)cc3)c2c1[2H]. The Labute approximate surface area is 278 Å². The van der Waals surface area contributed by atoms with E-state index in [0.717, 1.165) is 32.7 Å². The molecule has 0 bridgehead atoms. The van der Waals surface area contributed by atoms with Gasteiger partial charge in [0.25, 0.3) is 0 Å². The van der Waals surface area contributed by atoms with E-state index in [1.54, 1.807) is 0 Å². The summed E-state index contributed by atoms with van der Waals surface area (Å²) in [6.45, 7) is 0. The number of rotatable bonds is 4. The predicted molar refractivity (Wildman–Crippen MR) is 198 cm³/mol. The van der Waals surface area contributed by atoms with Crippen LogP contribution in [0.2, 0.25) is 0 Å². The van der Waals surface area contributed by atoms with Crippen molar-refractivity contribution in [1.29, 1.82) is 0 Å². The third-order valence-corrected chi connectivity index (χ3v) is 8.88. The summed E-state index contributed by atoms with van der Waals surface area (Å²) in [4.78, 5) is 0. The van der Waals surface area contributed by atoms with E-state index in [4.69, 9.17) is 2.74 Å². The van der Waals surface area contributed by atoms with Crippen molar-refractivity contribution in [2.45, 2.75) is 0 Å². The van der Waals surface area contributed by atoms with Crippen LogP contribution in [-0.2, 0) is 0 Å². The highest BCUT2D eigenvalue weighted by Gasteiger charge is 2.19. The first-order valence-corrected chi connectivity index (χ1v) is 15.4. The fourth-order valence-electron chi connectivity index (χ4n) is 6.67. The van der Waals surface area contributed by atoms with Crippen LogP contribution in [0.25, 0.3) is 87.6 Å². The molecule has 0 aliphatic heterocycles. The highest BCUT2D eigenvalue weighted by atomic mass is 14.2. The summed E-state index contributed by atoms with van der Waals surface area (Å²) in [5.41, 5.74) is 5.07. The van der Waals surface area contributed by atoms with Crippen LogP contribution in [0.1, 0.15) is 9.60 Å². The molecular formula is C46H30.